The van der Waals surface area contributed by atoms with Gasteiger partial charge in [-0.1, -0.05) is 24.3 Å². The fraction of sp³-hybridized carbons (Fsp3) is 0.333. The Kier molecular flexibility index (Phi) is 6.14. The van der Waals surface area contributed by atoms with Crippen LogP contribution < -0.4 is 10.6 Å². The van der Waals surface area contributed by atoms with Gasteiger partial charge in [-0.2, -0.15) is 0 Å². The highest BCUT2D eigenvalue weighted by molar-refractivity contribution is 7.90. The van der Waals surface area contributed by atoms with Gasteiger partial charge in [0.05, 0.1) is 4.90 Å². The molecule has 7 heteroatoms. The summed E-state index contributed by atoms with van der Waals surface area (Å²) >= 11 is 0. The third-order valence-corrected chi connectivity index (χ3v) is 6.11. The van der Waals surface area contributed by atoms with Crippen LogP contribution in [0.25, 0.3) is 0 Å². The van der Waals surface area contributed by atoms with E-state index >= 15 is 0 Å². The van der Waals surface area contributed by atoms with Crippen molar-refractivity contribution in [2.24, 2.45) is 5.92 Å². The van der Waals surface area contributed by atoms with Crippen molar-refractivity contribution < 1.29 is 18.0 Å². The van der Waals surface area contributed by atoms with Gasteiger partial charge in [0.1, 0.15) is 0 Å². The molecule has 0 atom stereocenters. The van der Waals surface area contributed by atoms with Gasteiger partial charge in [-0.05, 0) is 56.0 Å². The van der Waals surface area contributed by atoms with E-state index in [2.05, 4.69) is 10.6 Å². The van der Waals surface area contributed by atoms with Gasteiger partial charge in [-0.25, -0.2) is 8.42 Å². The van der Waals surface area contributed by atoms with E-state index in [4.69, 9.17) is 0 Å². The number of hydrogen-bond acceptors (Lipinski definition) is 4. The standard InChI is InChI=1S/C21H24N2O4S/c1-28(26,27)19-9-5-8-18(14-19)23-21(25)16-10-12-17(13-11-16)22-20(24)15-6-3-2-4-7-15/h2-9,14,16-17H,10-13H2,1H3,(H,22,24)(H,23,25). The molecule has 0 aromatic heterocycles. The van der Waals surface area contributed by atoms with Crippen molar-refractivity contribution in [3.05, 3.63) is 60.2 Å². The van der Waals surface area contributed by atoms with Crippen LogP contribution in [0, 0.1) is 5.92 Å². The van der Waals surface area contributed by atoms with Crippen LogP contribution in [0.2, 0.25) is 0 Å². The molecule has 1 fully saturated rings. The number of carbonyl (C=O) groups excluding carboxylic acids is 2. The molecule has 0 spiro atoms. The number of nitrogens with one attached hydrogen (secondary N) is 2. The molecule has 2 amide bonds. The molecule has 0 aliphatic heterocycles. The molecule has 2 aromatic rings. The van der Waals surface area contributed by atoms with Crippen LogP contribution in [0.5, 0.6) is 0 Å². The summed E-state index contributed by atoms with van der Waals surface area (Å²) in [6, 6.07) is 15.4. The van der Waals surface area contributed by atoms with Crippen LogP contribution >= 0.6 is 0 Å². The maximum atomic E-state index is 12.5. The quantitative estimate of drug-likeness (QED) is 0.807. The molecular weight excluding hydrogens is 376 g/mol. The lowest BCUT2D eigenvalue weighted by atomic mass is 9.85. The molecule has 3 rings (SSSR count). The van der Waals surface area contributed by atoms with Gasteiger partial charge in [0, 0.05) is 29.5 Å². The van der Waals surface area contributed by atoms with Crippen LogP contribution in [-0.4, -0.2) is 32.5 Å². The summed E-state index contributed by atoms with van der Waals surface area (Å²) in [5.41, 5.74) is 1.11. The molecule has 1 aliphatic rings. The van der Waals surface area contributed by atoms with Crippen LogP contribution in [-0.2, 0) is 14.6 Å². The zero-order valence-electron chi connectivity index (χ0n) is 15.7. The van der Waals surface area contributed by atoms with Crippen LogP contribution in [0.3, 0.4) is 0 Å². The molecule has 148 valence electrons. The minimum absolute atomic E-state index is 0.0605. The Hall–Kier alpha value is -2.67. The largest absolute Gasteiger partial charge is 0.349 e. The van der Waals surface area contributed by atoms with E-state index in [1.165, 1.54) is 12.1 Å². The Bertz CT molecular complexity index is 949. The fourth-order valence-corrected chi connectivity index (χ4v) is 4.07. The molecule has 1 saturated carbocycles. The highest BCUT2D eigenvalue weighted by Gasteiger charge is 2.27. The maximum Gasteiger partial charge on any atom is 0.251 e. The first-order valence-electron chi connectivity index (χ1n) is 9.30. The van der Waals surface area contributed by atoms with Crippen LogP contribution in [0.4, 0.5) is 5.69 Å². The number of rotatable bonds is 5. The number of benzene rings is 2. The first-order valence-corrected chi connectivity index (χ1v) is 11.2. The third kappa shape index (κ3) is 5.19. The maximum absolute atomic E-state index is 12.5. The van der Waals surface area contributed by atoms with Crippen molar-refractivity contribution in [2.75, 3.05) is 11.6 Å². The van der Waals surface area contributed by atoms with Gasteiger partial charge >= 0.3 is 0 Å². The second-order valence-electron chi connectivity index (χ2n) is 7.18. The predicted octanol–water partition coefficient (Wildman–Crippen LogP) is 3.02. The SMILES string of the molecule is CS(=O)(=O)c1cccc(NC(=O)C2CCC(NC(=O)c3ccccc3)CC2)c1. The van der Waals surface area contributed by atoms with E-state index in [1.807, 2.05) is 18.2 Å². The van der Waals surface area contributed by atoms with Crippen molar-refractivity contribution in [1.82, 2.24) is 5.32 Å². The Labute approximate surface area is 165 Å². The molecule has 2 aromatic carbocycles. The molecule has 0 saturated heterocycles. The van der Waals surface area contributed by atoms with Gasteiger partial charge in [-0.15, -0.1) is 0 Å². The average molecular weight is 401 g/mol. The zero-order chi connectivity index (χ0) is 20.1. The van der Waals surface area contributed by atoms with E-state index in [-0.39, 0.29) is 28.7 Å². The summed E-state index contributed by atoms with van der Waals surface area (Å²) in [6.45, 7) is 0. The molecule has 6 nitrogen and oxygen atoms in total. The van der Waals surface area contributed by atoms with Gasteiger partial charge in [0.2, 0.25) is 5.91 Å². The summed E-state index contributed by atoms with van der Waals surface area (Å²) < 4.78 is 23.3. The van der Waals surface area contributed by atoms with Gasteiger partial charge < -0.3 is 10.6 Å². The third-order valence-electron chi connectivity index (χ3n) is 5.00. The minimum Gasteiger partial charge on any atom is -0.349 e. The van der Waals surface area contributed by atoms with Crippen molar-refractivity contribution in [3.8, 4) is 0 Å². The summed E-state index contributed by atoms with van der Waals surface area (Å²) in [5, 5.41) is 5.85. The van der Waals surface area contributed by atoms with Gasteiger partial charge in [0.25, 0.3) is 5.91 Å². The van der Waals surface area contributed by atoms with Gasteiger partial charge in [0.15, 0.2) is 9.84 Å². The van der Waals surface area contributed by atoms with E-state index in [9.17, 15) is 18.0 Å². The topological polar surface area (TPSA) is 92.3 Å². The summed E-state index contributed by atoms with van der Waals surface area (Å²) in [5.74, 6) is -0.351. The number of hydrogen-bond donors (Lipinski definition) is 2. The first kappa shape index (κ1) is 20.1. The molecule has 0 unspecified atom stereocenters. The molecule has 0 bridgehead atoms. The van der Waals surface area contributed by atoms with Crippen molar-refractivity contribution in [3.63, 3.8) is 0 Å². The number of anilines is 1. The highest BCUT2D eigenvalue weighted by Crippen LogP contribution is 2.26. The number of sulfone groups is 1. The Balaban J connectivity index is 1.52. The molecule has 1 aliphatic carbocycles. The van der Waals surface area contributed by atoms with E-state index in [1.54, 1.807) is 24.3 Å². The lowest BCUT2D eigenvalue weighted by molar-refractivity contribution is -0.120. The Morgan fingerprint density at radius 2 is 1.61 bits per heavy atom. The minimum atomic E-state index is -3.32. The van der Waals surface area contributed by atoms with E-state index in [0.29, 0.717) is 24.1 Å². The smallest absolute Gasteiger partial charge is 0.251 e. The molecule has 2 N–H and O–H groups in total. The predicted molar refractivity (Wildman–Crippen MR) is 108 cm³/mol. The lowest BCUT2D eigenvalue weighted by Gasteiger charge is -2.28. The molecular formula is C21H24N2O4S. The molecule has 0 radical (unpaired) electrons. The van der Waals surface area contributed by atoms with E-state index in [0.717, 1.165) is 19.1 Å². The Morgan fingerprint density at radius 3 is 2.25 bits per heavy atom. The lowest BCUT2D eigenvalue weighted by Crippen LogP contribution is -2.39. The first-order chi connectivity index (χ1) is 13.3. The van der Waals surface area contributed by atoms with Crippen molar-refractivity contribution in [1.29, 1.82) is 0 Å². The van der Waals surface area contributed by atoms with E-state index < -0.39 is 9.84 Å². The zero-order valence-corrected chi connectivity index (χ0v) is 16.5. The number of amides is 2. The second kappa shape index (κ2) is 8.56. The second-order valence-corrected chi connectivity index (χ2v) is 9.19. The van der Waals surface area contributed by atoms with Gasteiger partial charge in [-0.3, -0.25) is 9.59 Å². The van der Waals surface area contributed by atoms with Crippen LogP contribution in [0.1, 0.15) is 36.0 Å². The summed E-state index contributed by atoms with van der Waals surface area (Å²) in [7, 11) is -3.32. The Morgan fingerprint density at radius 1 is 0.929 bits per heavy atom. The summed E-state index contributed by atoms with van der Waals surface area (Å²) in [6.07, 6.45) is 3.97. The van der Waals surface area contributed by atoms with Crippen molar-refractivity contribution >= 4 is 27.3 Å². The van der Waals surface area contributed by atoms with Crippen molar-refractivity contribution in [2.45, 2.75) is 36.6 Å². The highest BCUT2D eigenvalue weighted by atomic mass is 32.2. The summed E-state index contributed by atoms with van der Waals surface area (Å²) in [4.78, 5) is 25.0. The number of carbonyl (C=O) groups is 2. The normalized spacial score (nSPS) is 19.6. The fourth-order valence-electron chi connectivity index (χ4n) is 3.41. The monoisotopic (exact) mass is 400 g/mol. The molecule has 28 heavy (non-hydrogen) atoms. The van der Waals surface area contributed by atoms with Crippen LogP contribution in [0.15, 0.2) is 59.5 Å². The molecule has 0 heterocycles. The average Bonchev–Trinajstić information content (AvgIpc) is 2.69.